The summed E-state index contributed by atoms with van der Waals surface area (Å²) >= 11 is 0. The lowest BCUT2D eigenvalue weighted by Crippen LogP contribution is -2.55. The van der Waals surface area contributed by atoms with Gasteiger partial charge in [0, 0.05) is 53.0 Å². The van der Waals surface area contributed by atoms with Gasteiger partial charge in [0.1, 0.15) is 6.10 Å². The van der Waals surface area contributed by atoms with E-state index in [0.29, 0.717) is 6.10 Å². The number of ether oxygens (including phenoxy) is 2. The largest absolute Gasteiger partial charge is 0.378 e. The zero-order valence-corrected chi connectivity index (χ0v) is 18.2. The molecule has 1 unspecified atom stereocenters. The molecule has 3 aliphatic rings. The lowest BCUT2D eigenvalue weighted by molar-refractivity contribution is -0.142. The van der Waals surface area contributed by atoms with E-state index in [2.05, 4.69) is 15.2 Å². The Morgan fingerprint density at radius 3 is 2.45 bits per heavy atom. The van der Waals surface area contributed by atoms with Gasteiger partial charge in [0.05, 0.1) is 6.10 Å². The molecule has 7 nitrogen and oxygen atoms in total. The summed E-state index contributed by atoms with van der Waals surface area (Å²) in [6.45, 7) is 5.71. The fourth-order valence-corrected chi connectivity index (χ4v) is 4.53. The van der Waals surface area contributed by atoms with E-state index in [1.165, 1.54) is 38.5 Å². The summed E-state index contributed by atoms with van der Waals surface area (Å²) < 4.78 is 11.5. The van der Waals surface area contributed by atoms with E-state index in [1.54, 1.807) is 0 Å². The number of carbonyl (C=O) groups excluding carboxylic acids is 1. The molecule has 3 fully saturated rings. The number of nitrogens with one attached hydrogen (secondary N) is 1. The number of guanidine groups is 1. The Balaban J connectivity index is 1.24. The first-order valence-electron chi connectivity index (χ1n) is 11.8. The average Bonchev–Trinajstić information content (AvgIpc) is 3.31. The molecule has 0 radical (unpaired) electrons. The second-order valence-electron chi connectivity index (χ2n) is 8.48. The second-order valence-corrected chi connectivity index (χ2v) is 8.48. The van der Waals surface area contributed by atoms with E-state index in [0.717, 1.165) is 77.6 Å². The van der Waals surface area contributed by atoms with Crippen molar-refractivity contribution in [1.29, 1.82) is 0 Å². The number of rotatable bonds is 8. The summed E-state index contributed by atoms with van der Waals surface area (Å²) in [5, 5.41) is 3.49. The second kappa shape index (κ2) is 12.4. The molecule has 1 N–H and O–H groups in total. The van der Waals surface area contributed by atoms with Crippen molar-refractivity contribution >= 4 is 11.9 Å². The Hall–Kier alpha value is -1.34. The zero-order chi connectivity index (χ0) is 20.3. The smallest absolute Gasteiger partial charge is 0.251 e. The maximum absolute atomic E-state index is 12.5. The van der Waals surface area contributed by atoms with Crippen LogP contribution in [-0.4, -0.2) is 86.9 Å². The van der Waals surface area contributed by atoms with Crippen molar-refractivity contribution < 1.29 is 14.3 Å². The predicted octanol–water partition coefficient (Wildman–Crippen LogP) is 2.40. The standard InChI is InChI=1S/C22H40N4O3/c1-23-22(24-12-6-3-7-17-28-19-9-4-2-5-10-19)26-15-13-25(14-16-26)21(27)20-11-8-18-29-20/h19-20H,2-18H2,1H3,(H,23,24). The summed E-state index contributed by atoms with van der Waals surface area (Å²) in [7, 11) is 1.84. The summed E-state index contributed by atoms with van der Waals surface area (Å²) in [5.74, 6) is 1.12. The molecular weight excluding hydrogens is 368 g/mol. The number of carbonyl (C=O) groups is 1. The van der Waals surface area contributed by atoms with E-state index >= 15 is 0 Å². The van der Waals surface area contributed by atoms with Crippen molar-refractivity contribution in [2.75, 3.05) is 53.0 Å². The van der Waals surface area contributed by atoms with Crippen LogP contribution >= 0.6 is 0 Å². The van der Waals surface area contributed by atoms with Gasteiger partial charge in [-0.1, -0.05) is 19.3 Å². The average molecular weight is 409 g/mol. The normalized spacial score (nSPS) is 24.2. The van der Waals surface area contributed by atoms with Crippen molar-refractivity contribution in [1.82, 2.24) is 15.1 Å². The maximum Gasteiger partial charge on any atom is 0.251 e. The molecule has 0 aromatic carbocycles. The van der Waals surface area contributed by atoms with E-state index < -0.39 is 0 Å². The lowest BCUT2D eigenvalue weighted by atomic mass is 9.98. The topological polar surface area (TPSA) is 66.4 Å². The van der Waals surface area contributed by atoms with Crippen LogP contribution in [0.5, 0.6) is 0 Å². The molecule has 1 saturated carbocycles. The van der Waals surface area contributed by atoms with Crippen molar-refractivity contribution in [3.05, 3.63) is 0 Å². The highest BCUT2D eigenvalue weighted by Crippen LogP contribution is 2.20. The van der Waals surface area contributed by atoms with E-state index in [-0.39, 0.29) is 12.0 Å². The van der Waals surface area contributed by atoms with Crippen LogP contribution in [0.2, 0.25) is 0 Å². The van der Waals surface area contributed by atoms with Gasteiger partial charge in [-0.25, -0.2) is 0 Å². The predicted molar refractivity (Wildman–Crippen MR) is 115 cm³/mol. The van der Waals surface area contributed by atoms with Crippen LogP contribution in [0, 0.1) is 0 Å². The first kappa shape index (κ1) is 22.3. The summed E-state index contributed by atoms with van der Waals surface area (Å²) in [6.07, 6.45) is 12.2. The third-order valence-corrected chi connectivity index (χ3v) is 6.32. The number of amides is 1. The summed E-state index contributed by atoms with van der Waals surface area (Å²) in [5.41, 5.74) is 0. The SMILES string of the molecule is CN=C(NCCCCCOC1CCCCC1)N1CCN(C(=O)C2CCCO2)CC1. The van der Waals surface area contributed by atoms with E-state index in [9.17, 15) is 4.79 Å². The summed E-state index contributed by atoms with van der Waals surface area (Å²) in [4.78, 5) is 21.1. The highest BCUT2D eigenvalue weighted by atomic mass is 16.5. The Labute approximate surface area is 176 Å². The van der Waals surface area contributed by atoms with Crippen LogP contribution in [0.15, 0.2) is 4.99 Å². The molecular formula is C22H40N4O3. The maximum atomic E-state index is 12.5. The van der Waals surface area contributed by atoms with Crippen LogP contribution in [0.1, 0.15) is 64.2 Å². The molecule has 3 rings (SSSR count). The van der Waals surface area contributed by atoms with Gasteiger partial charge in [0.25, 0.3) is 5.91 Å². The molecule has 1 amide bonds. The van der Waals surface area contributed by atoms with Gasteiger partial charge in [0.2, 0.25) is 0 Å². The van der Waals surface area contributed by atoms with Gasteiger partial charge in [0.15, 0.2) is 5.96 Å². The molecule has 0 spiro atoms. The fourth-order valence-electron chi connectivity index (χ4n) is 4.53. The van der Waals surface area contributed by atoms with Gasteiger partial charge in [-0.15, -0.1) is 0 Å². The Bertz CT molecular complexity index is 508. The minimum Gasteiger partial charge on any atom is -0.378 e. The monoisotopic (exact) mass is 408 g/mol. The summed E-state index contributed by atoms with van der Waals surface area (Å²) in [6, 6.07) is 0. The minimum absolute atomic E-state index is 0.167. The first-order valence-corrected chi connectivity index (χ1v) is 11.8. The minimum atomic E-state index is -0.207. The molecule has 7 heteroatoms. The van der Waals surface area contributed by atoms with Crippen LogP contribution in [0.3, 0.4) is 0 Å². The van der Waals surface area contributed by atoms with Gasteiger partial charge in [-0.2, -0.15) is 0 Å². The van der Waals surface area contributed by atoms with Crippen molar-refractivity contribution in [2.24, 2.45) is 4.99 Å². The van der Waals surface area contributed by atoms with E-state index in [1.807, 2.05) is 11.9 Å². The quantitative estimate of drug-likeness (QED) is 0.380. The number of hydrogen-bond acceptors (Lipinski definition) is 4. The van der Waals surface area contributed by atoms with Crippen LogP contribution in [-0.2, 0) is 14.3 Å². The molecule has 166 valence electrons. The molecule has 1 atom stereocenters. The van der Waals surface area contributed by atoms with Gasteiger partial charge >= 0.3 is 0 Å². The fraction of sp³-hybridized carbons (Fsp3) is 0.909. The molecule has 29 heavy (non-hydrogen) atoms. The highest BCUT2D eigenvalue weighted by Gasteiger charge is 2.30. The van der Waals surface area contributed by atoms with Crippen molar-refractivity contribution in [2.45, 2.75) is 76.4 Å². The molecule has 2 aliphatic heterocycles. The molecule has 2 heterocycles. The molecule has 1 aliphatic carbocycles. The van der Waals surface area contributed by atoms with Crippen LogP contribution in [0.4, 0.5) is 0 Å². The van der Waals surface area contributed by atoms with Gasteiger partial charge in [-0.05, 0) is 44.9 Å². The van der Waals surface area contributed by atoms with Gasteiger partial charge in [-0.3, -0.25) is 9.79 Å². The third-order valence-electron chi connectivity index (χ3n) is 6.32. The molecule has 0 aromatic rings. The first-order chi connectivity index (χ1) is 14.3. The van der Waals surface area contributed by atoms with Crippen LogP contribution < -0.4 is 5.32 Å². The highest BCUT2D eigenvalue weighted by molar-refractivity contribution is 5.82. The third kappa shape index (κ3) is 7.14. The van der Waals surface area contributed by atoms with Gasteiger partial charge < -0.3 is 24.6 Å². The van der Waals surface area contributed by atoms with Crippen molar-refractivity contribution in [3.63, 3.8) is 0 Å². The Morgan fingerprint density at radius 2 is 1.76 bits per heavy atom. The molecule has 0 aromatic heterocycles. The number of piperazine rings is 1. The molecule has 0 bridgehead atoms. The Kier molecular flexibility index (Phi) is 9.54. The number of hydrogen-bond donors (Lipinski definition) is 1. The van der Waals surface area contributed by atoms with E-state index in [4.69, 9.17) is 9.47 Å². The lowest BCUT2D eigenvalue weighted by Gasteiger charge is -2.37. The number of nitrogens with zero attached hydrogens (tertiary/aromatic N) is 3. The zero-order valence-electron chi connectivity index (χ0n) is 18.2. The number of unbranched alkanes of at least 4 members (excludes halogenated alkanes) is 2. The Morgan fingerprint density at radius 1 is 1.00 bits per heavy atom. The van der Waals surface area contributed by atoms with Crippen molar-refractivity contribution in [3.8, 4) is 0 Å². The number of aliphatic imine (C=N–C) groups is 1. The van der Waals surface area contributed by atoms with Crippen LogP contribution in [0.25, 0.3) is 0 Å². The molecule has 2 saturated heterocycles.